The average Bonchev–Trinajstić information content (AvgIpc) is 2.19. The maximum Gasteiger partial charge on any atom is 0.242 e. The molecule has 72 valence electrons. The van der Waals surface area contributed by atoms with Crippen molar-refractivity contribution in [3.8, 4) is 5.88 Å². The minimum Gasteiger partial charge on any atom is -0.460 e. The molecule has 1 aromatic carbocycles. The van der Waals surface area contributed by atoms with Crippen molar-refractivity contribution < 1.29 is 4.74 Å². The van der Waals surface area contributed by atoms with Crippen LogP contribution in [0.2, 0.25) is 0 Å². The molecule has 1 heterocycles. The van der Waals surface area contributed by atoms with Crippen molar-refractivity contribution >= 4 is 38.3 Å². The lowest BCUT2D eigenvalue weighted by Crippen LogP contribution is -1.95. The van der Waals surface area contributed by atoms with Crippen molar-refractivity contribution in [2.45, 2.75) is 0 Å². The van der Waals surface area contributed by atoms with Crippen molar-refractivity contribution in [3.05, 3.63) is 28.9 Å². The highest BCUT2D eigenvalue weighted by molar-refractivity contribution is 9.10. The fourth-order valence-electron chi connectivity index (χ4n) is 1.18. The van der Waals surface area contributed by atoms with Crippen LogP contribution >= 0.6 is 27.5 Å². The normalized spacial score (nSPS) is 10.4. The zero-order valence-electron chi connectivity index (χ0n) is 7.08. The number of hydrogen-bond donors (Lipinski definition) is 0. The Hall–Kier alpha value is -0.870. The standard InChI is InChI=1S/C9H6BrClN2O/c10-7-2-1-6-4-12-13-9(14-5-11)8(6)3-7/h1-4H,5H2. The molecule has 0 saturated heterocycles. The topological polar surface area (TPSA) is 35.0 Å². The van der Waals surface area contributed by atoms with Gasteiger partial charge in [0.25, 0.3) is 0 Å². The molecule has 0 aliphatic rings. The van der Waals surface area contributed by atoms with Gasteiger partial charge in [-0.15, -0.1) is 5.10 Å². The first-order chi connectivity index (χ1) is 6.81. The van der Waals surface area contributed by atoms with E-state index in [4.69, 9.17) is 16.3 Å². The van der Waals surface area contributed by atoms with Gasteiger partial charge in [0, 0.05) is 15.2 Å². The van der Waals surface area contributed by atoms with Gasteiger partial charge in [0.2, 0.25) is 5.88 Å². The van der Waals surface area contributed by atoms with Crippen molar-refractivity contribution in [1.29, 1.82) is 0 Å². The fourth-order valence-corrected chi connectivity index (χ4v) is 1.65. The van der Waals surface area contributed by atoms with Crippen LogP contribution in [-0.2, 0) is 0 Å². The number of alkyl halides is 1. The molecule has 0 spiro atoms. The number of halogens is 2. The lowest BCUT2D eigenvalue weighted by Gasteiger charge is -2.03. The molecule has 0 bridgehead atoms. The summed E-state index contributed by atoms with van der Waals surface area (Å²) in [6, 6.07) is 5.87. The average molecular weight is 274 g/mol. The Kier molecular flexibility index (Phi) is 2.84. The molecule has 0 fully saturated rings. The Morgan fingerprint density at radius 3 is 3.07 bits per heavy atom. The van der Waals surface area contributed by atoms with Crippen LogP contribution < -0.4 is 4.74 Å². The molecule has 0 radical (unpaired) electrons. The summed E-state index contributed by atoms with van der Waals surface area (Å²) >= 11 is 8.86. The molecule has 2 rings (SSSR count). The molecular formula is C9H6BrClN2O. The molecule has 3 nitrogen and oxygen atoms in total. The van der Waals surface area contributed by atoms with Crippen molar-refractivity contribution in [1.82, 2.24) is 10.2 Å². The van der Waals surface area contributed by atoms with Crippen LogP contribution in [0.3, 0.4) is 0 Å². The first-order valence-corrected chi connectivity index (χ1v) is 5.24. The minimum atomic E-state index is 0.0697. The lowest BCUT2D eigenvalue weighted by atomic mass is 10.2. The molecule has 2 aromatic rings. The van der Waals surface area contributed by atoms with E-state index >= 15 is 0 Å². The van der Waals surface area contributed by atoms with E-state index in [1.54, 1.807) is 6.20 Å². The van der Waals surface area contributed by atoms with Crippen LogP contribution in [0.15, 0.2) is 28.9 Å². The molecule has 0 aliphatic carbocycles. The highest BCUT2D eigenvalue weighted by atomic mass is 79.9. The monoisotopic (exact) mass is 272 g/mol. The van der Waals surface area contributed by atoms with Crippen LogP contribution in [-0.4, -0.2) is 16.3 Å². The van der Waals surface area contributed by atoms with E-state index in [-0.39, 0.29) is 6.07 Å². The molecule has 1 aromatic heterocycles. The molecule has 14 heavy (non-hydrogen) atoms. The second kappa shape index (κ2) is 4.11. The Morgan fingerprint density at radius 1 is 1.43 bits per heavy atom. The van der Waals surface area contributed by atoms with E-state index in [1.165, 1.54) is 0 Å². The van der Waals surface area contributed by atoms with E-state index < -0.39 is 0 Å². The number of hydrogen-bond acceptors (Lipinski definition) is 3. The Balaban J connectivity index is 2.64. The Bertz CT molecular complexity index is 464. The van der Waals surface area contributed by atoms with Crippen LogP contribution in [0.25, 0.3) is 10.8 Å². The van der Waals surface area contributed by atoms with E-state index in [2.05, 4.69) is 26.1 Å². The maximum absolute atomic E-state index is 5.47. The van der Waals surface area contributed by atoms with Gasteiger partial charge in [-0.1, -0.05) is 33.6 Å². The third-order valence-electron chi connectivity index (χ3n) is 1.78. The number of nitrogens with zero attached hydrogens (tertiary/aromatic N) is 2. The van der Waals surface area contributed by atoms with Crippen molar-refractivity contribution in [2.75, 3.05) is 6.07 Å². The summed E-state index contributed by atoms with van der Waals surface area (Å²) in [6.07, 6.45) is 1.68. The summed E-state index contributed by atoms with van der Waals surface area (Å²) in [5.74, 6) is 0.457. The number of benzene rings is 1. The molecule has 0 N–H and O–H groups in total. The first-order valence-electron chi connectivity index (χ1n) is 3.91. The van der Waals surface area contributed by atoms with Gasteiger partial charge in [0.15, 0.2) is 6.07 Å². The molecular weight excluding hydrogens is 267 g/mol. The van der Waals surface area contributed by atoms with E-state index in [0.717, 1.165) is 15.2 Å². The van der Waals surface area contributed by atoms with Gasteiger partial charge in [-0.3, -0.25) is 0 Å². The van der Waals surface area contributed by atoms with Gasteiger partial charge in [0.1, 0.15) is 0 Å². The number of aromatic nitrogens is 2. The highest BCUT2D eigenvalue weighted by Crippen LogP contribution is 2.25. The first kappa shape index (κ1) is 9.68. The third kappa shape index (κ3) is 1.81. The summed E-state index contributed by atoms with van der Waals surface area (Å²) in [4.78, 5) is 0. The lowest BCUT2D eigenvalue weighted by molar-refractivity contribution is 0.372. The summed E-state index contributed by atoms with van der Waals surface area (Å²) in [5.41, 5.74) is 0. The number of fused-ring (bicyclic) bond motifs is 1. The van der Waals surface area contributed by atoms with Gasteiger partial charge in [-0.2, -0.15) is 5.10 Å². The fraction of sp³-hybridized carbons (Fsp3) is 0.111. The minimum absolute atomic E-state index is 0.0697. The summed E-state index contributed by atoms with van der Waals surface area (Å²) in [7, 11) is 0. The smallest absolute Gasteiger partial charge is 0.242 e. The highest BCUT2D eigenvalue weighted by Gasteiger charge is 2.04. The predicted octanol–water partition coefficient (Wildman–Crippen LogP) is 2.97. The van der Waals surface area contributed by atoms with Gasteiger partial charge >= 0.3 is 0 Å². The molecule has 0 atom stereocenters. The Morgan fingerprint density at radius 2 is 2.29 bits per heavy atom. The second-order valence-electron chi connectivity index (χ2n) is 2.63. The van der Waals surface area contributed by atoms with Gasteiger partial charge in [-0.05, 0) is 12.1 Å². The van der Waals surface area contributed by atoms with Gasteiger partial charge in [-0.25, -0.2) is 0 Å². The van der Waals surface area contributed by atoms with Crippen LogP contribution in [0.5, 0.6) is 5.88 Å². The van der Waals surface area contributed by atoms with Crippen LogP contribution in [0.4, 0.5) is 0 Å². The van der Waals surface area contributed by atoms with E-state index in [1.807, 2.05) is 18.2 Å². The summed E-state index contributed by atoms with van der Waals surface area (Å²) in [5, 5.41) is 9.55. The maximum atomic E-state index is 5.47. The summed E-state index contributed by atoms with van der Waals surface area (Å²) < 4.78 is 6.11. The SMILES string of the molecule is ClCOc1nncc2ccc(Br)cc12. The summed E-state index contributed by atoms with van der Waals surface area (Å²) in [6.45, 7) is 0. The third-order valence-corrected chi connectivity index (χ3v) is 2.38. The molecule has 5 heteroatoms. The molecule has 0 amide bonds. The zero-order chi connectivity index (χ0) is 9.97. The molecule has 0 aliphatic heterocycles. The largest absolute Gasteiger partial charge is 0.460 e. The van der Waals surface area contributed by atoms with E-state index in [0.29, 0.717) is 5.88 Å². The van der Waals surface area contributed by atoms with Crippen LogP contribution in [0, 0.1) is 0 Å². The van der Waals surface area contributed by atoms with Crippen LogP contribution in [0.1, 0.15) is 0 Å². The van der Waals surface area contributed by atoms with Gasteiger partial charge < -0.3 is 4.74 Å². The van der Waals surface area contributed by atoms with Crippen molar-refractivity contribution in [3.63, 3.8) is 0 Å². The molecule has 0 unspecified atom stereocenters. The second-order valence-corrected chi connectivity index (χ2v) is 3.77. The predicted molar refractivity (Wildman–Crippen MR) is 58.6 cm³/mol. The quantitative estimate of drug-likeness (QED) is 0.789. The Labute approximate surface area is 94.2 Å². The van der Waals surface area contributed by atoms with Gasteiger partial charge in [0.05, 0.1) is 6.20 Å². The van der Waals surface area contributed by atoms with E-state index in [9.17, 15) is 0 Å². The van der Waals surface area contributed by atoms with Crippen molar-refractivity contribution in [2.24, 2.45) is 0 Å². The zero-order valence-corrected chi connectivity index (χ0v) is 9.42. The molecule has 0 saturated carbocycles. The number of rotatable bonds is 2. The number of ether oxygens (including phenoxy) is 1.